The second kappa shape index (κ2) is 6.47. The van der Waals surface area contributed by atoms with Crippen LogP contribution in [0.15, 0.2) is 34.9 Å². The molecular weight excluding hydrogens is 306 g/mol. The maximum Gasteiger partial charge on any atom is 0.181 e. The molecule has 19 heavy (non-hydrogen) atoms. The van der Waals surface area contributed by atoms with Crippen molar-refractivity contribution in [3.05, 3.63) is 40.8 Å². The molecule has 0 aliphatic rings. The second-order valence-electron chi connectivity index (χ2n) is 3.96. The average Bonchev–Trinajstić information content (AvgIpc) is 2.89. The SMILES string of the molecule is CCN(/C=C/c1nnnn1-c1ccc(Br)cc1)CC. The van der Waals surface area contributed by atoms with Gasteiger partial charge < -0.3 is 4.90 Å². The largest absolute Gasteiger partial charge is 0.378 e. The third kappa shape index (κ3) is 3.41. The fraction of sp³-hybridized carbons (Fsp3) is 0.308. The minimum absolute atomic E-state index is 0.717. The number of hydrogen-bond acceptors (Lipinski definition) is 4. The van der Waals surface area contributed by atoms with Crippen molar-refractivity contribution in [1.82, 2.24) is 25.1 Å². The van der Waals surface area contributed by atoms with Crippen LogP contribution in [-0.4, -0.2) is 38.2 Å². The fourth-order valence-electron chi connectivity index (χ4n) is 1.67. The maximum absolute atomic E-state index is 4.03. The summed E-state index contributed by atoms with van der Waals surface area (Å²) in [7, 11) is 0. The van der Waals surface area contributed by atoms with Crippen molar-refractivity contribution in [3.8, 4) is 5.69 Å². The summed E-state index contributed by atoms with van der Waals surface area (Å²) in [5, 5.41) is 11.8. The Kier molecular flexibility index (Phi) is 4.68. The molecule has 100 valence electrons. The summed E-state index contributed by atoms with van der Waals surface area (Å²) in [6.07, 6.45) is 3.94. The van der Waals surface area contributed by atoms with E-state index in [9.17, 15) is 0 Å². The first-order valence-corrected chi connectivity index (χ1v) is 7.00. The van der Waals surface area contributed by atoms with E-state index >= 15 is 0 Å². The topological polar surface area (TPSA) is 46.8 Å². The van der Waals surface area contributed by atoms with Crippen LogP contribution in [0.1, 0.15) is 19.7 Å². The van der Waals surface area contributed by atoms with Gasteiger partial charge in [-0.05, 0) is 48.5 Å². The van der Waals surface area contributed by atoms with Crippen LogP contribution in [0.5, 0.6) is 0 Å². The Morgan fingerprint density at radius 2 is 1.89 bits per heavy atom. The van der Waals surface area contributed by atoms with Gasteiger partial charge in [0, 0.05) is 29.8 Å². The standard InChI is InChI=1S/C13H16BrN5/c1-3-18(4-2)10-9-13-15-16-17-19(13)12-7-5-11(14)6-8-12/h5-10H,3-4H2,1-2H3/b10-9+. The van der Waals surface area contributed by atoms with Gasteiger partial charge in [0.05, 0.1) is 5.69 Å². The number of aromatic nitrogens is 4. The molecule has 0 aliphatic carbocycles. The maximum atomic E-state index is 4.03. The van der Waals surface area contributed by atoms with E-state index in [1.165, 1.54) is 0 Å². The summed E-state index contributed by atoms with van der Waals surface area (Å²) in [6, 6.07) is 7.87. The van der Waals surface area contributed by atoms with Gasteiger partial charge in [0.1, 0.15) is 0 Å². The van der Waals surface area contributed by atoms with Crippen LogP contribution in [0.3, 0.4) is 0 Å². The van der Waals surface area contributed by atoms with Gasteiger partial charge in [-0.1, -0.05) is 15.9 Å². The highest BCUT2D eigenvalue weighted by molar-refractivity contribution is 9.10. The van der Waals surface area contributed by atoms with E-state index in [0.29, 0.717) is 5.82 Å². The molecule has 0 atom stereocenters. The normalized spacial score (nSPS) is 11.1. The quantitative estimate of drug-likeness (QED) is 0.849. The molecule has 1 aromatic heterocycles. The Morgan fingerprint density at radius 1 is 1.21 bits per heavy atom. The van der Waals surface area contributed by atoms with Crippen LogP contribution < -0.4 is 0 Å². The molecule has 0 saturated heterocycles. The van der Waals surface area contributed by atoms with E-state index in [0.717, 1.165) is 23.2 Å². The van der Waals surface area contributed by atoms with Gasteiger partial charge in [0.2, 0.25) is 0 Å². The number of tetrazole rings is 1. The van der Waals surface area contributed by atoms with Crippen molar-refractivity contribution in [3.63, 3.8) is 0 Å². The lowest BCUT2D eigenvalue weighted by Crippen LogP contribution is -2.15. The van der Waals surface area contributed by atoms with Crippen molar-refractivity contribution >= 4 is 22.0 Å². The predicted octanol–water partition coefficient (Wildman–Crippen LogP) is 2.74. The van der Waals surface area contributed by atoms with Crippen LogP contribution in [0.25, 0.3) is 11.8 Å². The summed E-state index contributed by atoms with van der Waals surface area (Å²) in [5.74, 6) is 0.717. The van der Waals surface area contributed by atoms with Gasteiger partial charge in [-0.15, -0.1) is 5.10 Å². The Hall–Kier alpha value is -1.69. The van der Waals surface area contributed by atoms with Crippen LogP contribution >= 0.6 is 15.9 Å². The molecule has 0 fully saturated rings. The van der Waals surface area contributed by atoms with E-state index in [-0.39, 0.29) is 0 Å². The predicted molar refractivity (Wildman–Crippen MR) is 78.8 cm³/mol. The van der Waals surface area contributed by atoms with Crippen LogP contribution in [0, 0.1) is 0 Å². The molecule has 0 saturated carbocycles. The molecule has 0 amide bonds. The van der Waals surface area contributed by atoms with Gasteiger partial charge in [-0.3, -0.25) is 0 Å². The summed E-state index contributed by atoms with van der Waals surface area (Å²) in [6.45, 7) is 6.16. The minimum atomic E-state index is 0.717. The highest BCUT2D eigenvalue weighted by atomic mass is 79.9. The van der Waals surface area contributed by atoms with Crippen molar-refractivity contribution in [1.29, 1.82) is 0 Å². The van der Waals surface area contributed by atoms with Gasteiger partial charge in [0.15, 0.2) is 5.82 Å². The average molecular weight is 322 g/mol. The fourth-order valence-corrected chi connectivity index (χ4v) is 1.93. The third-order valence-electron chi connectivity index (χ3n) is 2.81. The van der Waals surface area contributed by atoms with Crippen LogP contribution in [-0.2, 0) is 0 Å². The lowest BCUT2D eigenvalue weighted by Gasteiger charge is -2.14. The highest BCUT2D eigenvalue weighted by Crippen LogP contribution is 2.14. The Bertz CT molecular complexity index is 542. The van der Waals surface area contributed by atoms with Gasteiger partial charge in [-0.2, -0.15) is 4.68 Å². The second-order valence-corrected chi connectivity index (χ2v) is 4.88. The molecule has 1 heterocycles. The lowest BCUT2D eigenvalue weighted by molar-refractivity contribution is 0.421. The molecule has 2 rings (SSSR count). The van der Waals surface area contributed by atoms with Gasteiger partial charge in [-0.25, -0.2) is 0 Å². The molecule has 0 spiro atoms. The molecule has 0 unspecified atom stereocenters. The van der Waals surface area contributed by atoms with Crippen molar-refractivity contribution < 1.29 is 0 Å². The Morgan fingerprint density at radius 3 is 2.53 bits per heavy atom. The van der Waals surface area contributed by atoms with E-state index in [4.69, 9.17) is 0 Å². The van der Waals surface area contributed by atoms with E-state index < -0.39 is 0 Å². The number of benzene rings is 1. The Labute approximate surface area is 121 Å². The molecular formula is C13H16BrN5. The summed E-state index contributed by atoms with van der Waals surface area (Å²) in [5.41, 5.74) is 0.937. The molecule has 0 N–H and O–H groups in total. The summed E-state index contributed by atoms with van der Waals surface area (Å²) < 4.78 is 2.75. The van der Waals surface area contributed by atoms with Crippen molar-refractivity contribution in [2.45, 2.75) is 13.8 Å². The van der Waals surface area contributed by atoms with Crippen molar-refractivity contribution in [2.24, 2.45) is 0 Å². The van der Waals surface area contributed by atoms with Crippen LogP contribution in [0.2, 0.25) is 0 Å². The number of rotatable bonds is 5. The monoisotopic (exact) mass is 321 g/mol. The van der Waals surface area contributed by atoms with Crippen molar-refractivity contribution in [2.75, 3.05) is 13.1 Å². The zero-order valence-corrected chi connectivity index (χ0v) is 12.6. The van der Waals surface area contributed by atoms with Crippen LogP contribution in [0.4, 0.5) is 0 Å². The van der Waals surface area contributed by atoms with E-state index in [2.05, 4.69) is 50.2 Å². The molecule has 6 heteroatoms. The summed E-state index contributed by atoms with van der Waals surface area (Å²) >= 11 is 3.41. The zero-order chi connectivity index (χ0) is 13.7. The lowest BCUT2D eigenvalue weighted by atomic mass is 10.3. The molecule has 0 aliphatic heterocycles. The summed E-state index contributed by atoms with van der Waals surface area (Å²) in [4.78, 5) is 2.18. The first-order chi connectivity index (χ1) is 9.24. The first kappa shape index (κ1) is 13.7. The van der Waals surface area contributed by atoms with E-state index in [1.807, 2.05) is 36.5 Å². The number of nitrogens with zero attached hydrogens (tertiary/aromatic N) is 5. The molecule has 2 aromatic rings. The third-order valence-corrected chi connectivity index (χ3v) is 3.34. The molecule has 5 nitrogen and oxygen atoms in total. The molecule has 1 aromatic carbocycles. The highest BCUT2D eigenvalue weighted by Gasteiger charge is 2.05. The molecule has 0 bridgehead atoms. The van der Waals surface area contributed by atoms with Gasteiger partial charge in [0.25, 0.3) is 0 Å². The number of hydrogen-bond donors (Lipinski definition) is 0. The molecule has 0 radical (unpaired) electrons. The smallest absolute Gasteiger partial charge is 0.181 e. The van der Waals surface area contributed by atoms with Gasteiger partial charge >= 0.3 is 0 Å². The first-order valence-electron chi connectivity index (χ1n) is 6.21. The zero-order valence-electron chi connectivity index (χ0n) is 11.0. The number of halogens is 1. The van der Waals surface area contributed by atoms with E-state index in [1.54, 1.807) is 4.68 Å². The minimum Gasteiger partial charge on any atom is -0.378 e. The Balaban J connectivity index is 2.25.